The fourth-order valence-corrected chi connectivity index (χ4v) is 3.16. The molecule has 0 bridgehead atoms. The number of ether oxygens (including phenoxy) is 3. The number of fused-ring (bicyclic) bond motifs is 3. The molecule has 3 atom stereocenters. The summed E-state index contributed by atoms with van der Waals surface area (Å²) in [6.45, 7) is 1.66. The molecule has 0 spiro atoms. The molecule has 4 rings (SSSR count). The Bertz CT molecular complexity index is 730. The van der Waals surface area contributed by atoms with Crippen molar-refractivity contribution in [2.45, 2.75) is 25.7 Å². The summed E-state index contributed by atoms with van der Waals surface area (Å²) in [4.78, 5) is 23.3. The zero-order valence-electron chi connectivity index (χ0n) is 11.9. The van der Waals surface area contributed by atoms with Gasteiger partial charge in [-0.25, -0.2) is 9.59 Å². The highest BCUT2D eigenvalue weighted by Gasteiger charge is 2.46. The molecule has 1 fully saturated rings. The van der Waals surface area contributed by atoms with E-state index < -0.39 is 12.3 Å². The predicted octanol–water partition coefficient (Wildman–Crippen LogP) is 2.19. The molecule has 0 radical (unpaired) electrons. The molecule has 5 nitrogen and oxygen atoms in total. The van der Waals surface area contributed by atoms with Gasteiger partial charge in [0.25, 0.3) is 6.29 Å². The second-order valence-corrected chi connectivity index (χ2v) is 5.67. The van der Waals surface area contributed by atoms with Gasteiger partial charge < -0.3 is 14.2 Å². The molecule has 1 aromatic carbocycles. The van der Waals surface area contributed by atoms with E-state index in [1.54, 1.807) is 13.0 Å². The fraction of sp³-hybridized carbons (Fsp3) is 0.294. The van der Waals surface area contributed by atoms with Gasteiger partial charge in [-0.2, -0.15) is 0 Å². The predicted molar refractivity (Wildman–Crippen MR) is 75.3 cm³/mol. The summed E-state index contributed by atoms with van der Waals surface area (Å²) in [5, 5.41) is 0. The van der Waals surface area contributed by atoms with Crippen LogP contribution in [-0.4, -0.2) is 18.2 Å². The molecule has 5 heteroatoms. The molecule has 1 unspecified atom stereocenters. The van der Waals surface area contributed by atoms with Gasteiger partial charge in [0.2, 0.25) is 0 Å². The van der Waals surface area contributed by atoms with Gasteiger partial charge in [-0.3, -0.25) is 0 Å². The SMILES string of the molecule is CC1=CC(O/C=C2/C(=O)O[C@@H]3c4ccccc4C[C@H]23)OC1=O. The van der Waals surface area contributed by atoms with E-state index >= 15 is 0 Å². The molecule has 2 heterocycles. The van der Waals surface area contributed by atoms with Crippen molar-refractivity contribution >= 4 is 11.9 Å². The monoisotopic (exact) mass is 298 g/mol. The lowest BCUT2D eigenvalue weighted by Gasteiger charge is -2.09. The zero-order valence-corrected chi connectivity index (χ0v) is 11.9. The molecule has 0 N–H and O–H groups in total. The van der Waals surface area contributed by atoms with Crippen LogP contribution in [0.1, 0.15) is 24.2 Å². The van der Waals surface area contributed by atoms with Crippen LogP contribution >= 0.6 is 0 Å². The molecule has 2 aliphatic heterocycles. The van der Waals surface area contributed by atoms with Crippen LogP contribution in [0.5, 0.6) is 0 Å². The first-order valence-electron chi connectivity index (χ1n) is 7.17. The first kappa shape index (κ1) is 13.1. The smallest absolute Gasteiger partial charge is 0.338 e. The Hall–Kier alpha value is -2.56. The van der Waals surface area contributed by atoms with Crippen LogP contribution in [0.25, 0.3) is 0 Å². The van der Waals surface area contributed by atoms with Crippen molar-refractivity contribution in [3.05, 3.63) is 58.9 Å². The van der Waals surface area contributed by atoms with Gasteiger partial charge in [0.1, 0.15) is 6.10 Å². The van der Waals surface area contributed by atoms with Crippen molar-refractivity contribution in [1.82, 2.24) is 0 Å². The van der Waals surface area contributed by atoms with E-state index in [0.717, 1.165) is 12.0 Å². The topological polar surface area (TPSA) is 61.8 Å². The van der Waals surface area contributed by atoms with Gasteiger partial charge in [0.05, 0.1) is 11.8 Å². The maximum atomic E-state index is 12.0. The highest BCUT2D eigenvalue weighted by Crippen LogP contribution is 2.47. The third-order valence-corrected chi connectivity index (χ3v) is 4.30. The van der Waals surface area contributed by atoms with Crippen LogP contribution < -0.4 is 0 Å². The van der Waals surface area contributed by atoms with Gasteiger partial charge in [-0.15, -0.1) is 0 Å². The fourth-order valence-electron chi connectivity index (χ4n) is 3.16. The van der Waals surface area contributed by atoms with Gasteiger partial charge in [0, 0.05) is 17.6 Å². The highest BCUT2D eigenvalue weighted by atomic mass is 16.7. The number of rotatable bonds is 2. The Balaban J connectivity index is 1.55. The van der Waals surface area contributed by atoms with E-state index in [4.69, 9.17) is 14.2 Å². The summed E-state index contributed by atoms with van der Waals surface area (Å²) in [5.41, 5.74) is 3.25. The molecular weight excluding hydrogens is 284 g/mol. The number of benzene rings is 1. The van der Waals surface area contributed by atoms with Crippen molar-refractivity contribution < 1.29 is 23.8 Å². The van der Waals surface area contributed by atoms with Crippen molar-refractivity contribution in [2.24, 2.45) is 5.92 Å². The Morgan fingerprint density at radius 2 is 2.00 bits per heavy atom. The molecule has 0 saturated carbocycles. The quantitative estimate of drug-likeness (QED) is 0.476. The van der Waals surface area contributed by atoms with E-state index in [1.165, 1.54) is 11.8 Å². The van der Waals surface area contributed by atoms with E-state index in [2.05, 4.69) is 0 Å². The molecule has 1 aromatic rings. The second kappa shape index (κ2) is 4.73. The third-order valence-electron chi connectivity index (χ3n) is 4.30. The summed E-state index contributed by atoms with van der Waals surface area (Å²) < 4.78 is 15.9. The van der Waals surface area contributed by atoms with Crippen molar-refractivity contribution in [2.75, 3.05) is 0 Å². The minimum atomic E-state index is -0.768. The van der Waals surface area contributed by atoms with E-state index in [1.807, 2.05) is 24.3 Å². The summed E-state index contributed by atoms with van der Waals surface area (Å²) >= 11 is 0. The molecular formula is C17H14O5. The second-order valence-electron chi connectivity index (χ2n) is 5.67. The molecule has 22 heavy (non-hydrogen) atoms. The average molecular weight is 298 g/mol. The molecule has 1 saturated heterocycles. The van der Waals surface area contributed by atoms with Crippen LogP contribution in [0.15, 0.2) is 47.7 Å². The van der Waals surface area contributed by atoms with Crippen LogP contribution in [0.3, 0.4) is 0 Å². The lowest BCUT2D eigenvalue weighted by atomic mass is 9.98. The largest absolute Gasteiger partial charge is 0.458 e. The normalized spacial score (nSPS) is 30.7. The number of hydrogen-bond donors (Lipinski definition) is 0. The number of cyclic esters (lactones) is 1. The molecule has 3 aliphatic rings. The lowest BCUT2D eigenvalue weighted by molar-refractivity contribution is -0.152. The lowest BCUT2D eigenvalue weighted by Crippen LogP contribution is -2.11. The van der Waals surface area contributed by atoms with Crippen LogP contribution in [0.2, 0.25) is 0 Å². The summed E-state index contributed by atoms with van der Waals surface area (Å²) in [6.07, 6.45) is 2.71. The Kier molecular flexibility index (Phi) is 2.82. The van der Waals surface area contributed by atoms with Crippen LogP contribution in [0, 0.1) is 5.92 Å². The summed E-state index contributed by atoms with van der Waals surface area (Å²) in [7, 11) is 0. The molecule has 112 valence electrons. The van der Waals surface area contributed by atoms with Crippen molar-refractivity contribution in [1.29, 1.82) is 0 Å². The Morgan fingerprint density at radius 3 is 2.77 bits per heavy atom. The van der Waals surface area contributed by atoms with E-state index in [0.29, 0.717) is 11.1 Å². The average Bonchev–Trinajstić information content (AvgIpc) is 3.10. The first-order chi connectivity index (χ1) is 10.6. The minimum Gasteiger partial charge on any atom is -0.458 e. The van der Waals surface area contributed by atoms with Gasteiger partial charge >= 0.3 is 11.9 Å². The van der Waals surface area contributed by atoms with Crippen LogP contribution in [0.4, 0.5) is 0 Å². The maximum absolute atomic E-state index is 12.0. The minimum absolute atomic E-state index is 0.0351. The van der Waals surface area contributed by atoms with E-state index in [-0.39, 0.29) is 18.0 Å². The van der Waals surface area contributed by atoms with Crippen molar-refractivity contribution in [3.63, 3.8) is 0 Å². The molecule has 0 amide bonds. The first-order valence-corrected chi connectivity index (χ1v) is 7.17. The Labute approximate surface area is 127 Å². The number of carbonyl (C=O) groups is 2. The van der Waals surface area contributed by atoms with Gasteiger partial charge in [0.15, 0.2) is 0 Å². The van der Waals surface area contributed by atoms with Gasteiger partial charge in [-0.05, 0) is 24.5 Å². The Morgan fingerprint density at radius 1 is 1.18 bits per heavy atom. The number of esters is 2. The third kappa shape index (κ3) is 1.93. The zero-order chi connectivity index (χ0) is 15.3. The van der Waals surface area contributed by atoms with Gasteiger partial charge in [-0.1, -0.05) is 24.3 Å². The summed E-state index contributed by atoms with van der Waals surface area (Å²) in [5.74, 6) is -0.801. The highest BCUT2D eigenvalue weighted by molar-refractivity contribution is 5.92. The molecule has 0 aromatic heterocycles. The summed E-state index contributed by atoms with van der Waals surface area (Å²) in [6, 6.07) is 7.96. The van der Waals surface area contributed by atoms with Crippen LogP contribution in [-0.2, 0) is 30.2 Å². The molecule has 1 aliphatic carbocycles. The number of carbonyl (C=O) groups excluding carboxylic acids is 2. The number of hydrogen-bond acceptors (Lipinski definition) is 5. The van der Waals surface area contributed by atoms with Crippen molar-refractivity contribution in [3.8, 4) is 0 Å². The van der Waals surface area contributed by atoms with E-state index in [9.17, 15) is 9.59 Å². The maximum Gasteiger partial charge on any atom is 0.338 e. The standard InChI is InChI=1S/C17H14O5/c1-9-6-14(21-16(9)18)20-8-13-12-7-10-4-2-3-5-11(10)15(12)22-17(13)19/h2-6,8,12,14-15H,7H2,1H3/b13-8+/t12-,14?,15-/m1/s1.